The molecule has 1 aliphatic heterocycles. The lowest BCUT2D eigenvalue weighted by Gasteiger charge is -2.29. The van der Waals surface area contributed by atoms with E-state index in [-0.39, 0.29) is 24.2 Å². The summed E-state index contributed by atoms with van der Waals surface area (Å²) in [6, 6.07) is 13.0. The summed E-state index contributed by atoms with van der Waals surface area (Å²) in [4.78, 5) is 26.5. The van der Waals surface area contributed by atoms with Crippen molar-refractivity contribution in [2.24, 2.45) is 0 Å². The Morgan fingerprint density at radius 2 is 1.74 bits per heavy atom. The van der Waals surface area contributed by atoms with Gasteiger partial charge in [0.25, 0.3) is 0 Å². The van der Waals surface area contributed by atoms with Crippen molar-refractivity contribution in [1.29, 1.82) is 0 Å². The van der Waals surface area contributed by atoms with Crippen molar-refractivity contribution in [2.45, 2.75) is 51.2 Å². The van der Waals surface area contributed by atoms with Crippen molar-refractivity contribution >= 4 is 11.8 Å². The van der Waals surface area contributed by atoms with E-state index in [4.69, 9.17) is 0 Å². The Labute approximate surface area is 180 Å². The normalized spacial score (nSPS) is 14.6. The van der Waals surface area contributed by atoms with Gasteiger partial charge in [0.2, 0.25) is 11.8 Å². The van der Waals surface area contributed by atoms with Crippen LogP contribution in [0.15, 0.2) is 48.5 Å². The number of hydrogen-bond acceptors (Lipinski definition) is 2. The molecule has 2 amide bonds. The van der Waals surface area contributed by atoms with Crippen LogP contribution in [0.1, 0.15) is 54.4 Å². The number of fused-ring (bicyclic) bond motifs is 1. The van der Waals surface area contributed by atoms with Crippen LogP contribution < -0.4 is 5.32 Å². The highest BCUT2D eigenvalue weighted by atomic mass is 19.4. The zero-order chi connectivity index (χ0) is 22.4. The van der Waals surface area contributed by atoms with Crippen LogP contribution in [0.5, 0.6) is 0 Å². The first-order valence-corrected chi connectivity index (χ1v) is 10.5. The molecule has 0 spiro atoms. The molecule has 0 aliphatic carbocycles. The van der Waals surface area contributed by atoms with Gasteiger partial charge in [0.1, 0.15) is 0 Å². The number of rotatable bonds is 7. The molecule has 166 valence electrons. The predicted molar refractivity (Wildman–Crippen MR) is 112 cm³/mol. The summed E-state index contributed by atoms with van der Waals surface area (Å²) in [5, 5.41) is 2.80. The fourth-order valence-electron chi connectivity index (χ4n) is 3.80. The van der Waals surface area contributed by atoms with Crippen molar-refractivity contribution < 1.29 is 22.8 Å². The van der Waals surface area contributed by atoms with E-state index in [0.717, 1.165) is 18.6 Å². The van der Waals surface area contributed by atoms with Crippen molar-refractivity contribution in [3.8, 4) is 0 Å². The third kappa shape index (κ3) is 6.32. The van der Waals surface area contributed by atoms with Crippen LogP contribution >= 0.6 is 0 Å². The number of benzene rings is 2. The van der Waals surface area contributed by atoms with Crippen molar-refractivity contribution in [2.75, 3.05) is 13.1 Å². The number of nitrogens with zero attached hydrogens (tertiary/aromatic N) is 1. The maximum absolute atomic E-state index is 12.7. The van der Waals surface area contributed by atoms with Gasteiger partial charge in [0.15, 0.2) is 0 Å². The highest BCUT2D eigenvalue weighted by Gasteiger charge is 2.30. The second-order valence-electron chi connectivity index (χ2n) is 8.01. The predicted octanol–water partition coefficient (Wildman–Crippen LogP) is 4.68. The third-order valence-corrected chi connectivity index (χ3v) is 5.67. The maximum Gasteiger partial charge on any atom is 0.416 e. The van der Waals surface area contributed by atoms with E-state index in [0.29, 0.717) is 38.0 Å². The molecule has 0 aromatic heterocycles. The molecule has 2 aromatic rings. The minimum atomic E-state index is -4.37. The molecule has 0 saturated carbocycles. The smallest absolute Gasteiger partial charge is 0.356 e. The number of hydrogen-bond donors (Lipinski definition) is 1. The van der Waals surface area contributed by atoms with E-state index in [9.17, 15) is 22.8 Å². The SMILES string of the molecule is CC(CC(=O)NCCCC(=O)N1CCc2ccccc2C1)c1ccc(C(F)(F)F)cc1. The van der Waals surface area contributed by atoms with Crippen LogP contribution in [0, 0.1) is 0 Å². The third-order valence-electron chi connectivity index (χ3n) is 5.67. The molecule has 1 atom stereocenters. The molecule has 31 heavy (non-hydrogen) atoms. The first-order valence-electron chi connectivity index (χ1n) is 10.5. The molecular formula is C24H27F3N2O2. The van der Waals surface area contributed by atoms with Gasteiger partial charge in [-0.15, -0.1) is 0 Å². The molecule has 7 heteroatoms. The van der Waals surface area contributed by atoms with Crippen LogP contribution in [0.4, 0.5) is 13.2 Å². The number of amides is 2. The average Bonchev–Trinajstić information content (AvgIpc) is 2.75. The number of alkyl halides is 3. The average molecular weight is 432 g/mol. The highest BCUT2D eigenvalue weighted by Crippen LogP contribution is 2.30. The Balaban J connectivity index is 1.37. The van der Waals surface area contributed by atoms with Gasteiger partial charge in [-0.1, -0.05) is 43.3 Å². The van der Waals surface area contributed by atoms with Gasteiger partial charge in [0, 0.05) is 32.5 Å². The van der Waals surface area contributed by atoms with E-state index >= 15 is 0 Å². The maximum atomic E-state index is 12.7. The summed E-state index contributed by atoms with van der Waals surface area (Å²) < 4.78 is 38.0. The van der Waals surface area contributed by atoms with Crippen LogP contribution in [0.2, 0.25) is 0 Å². The quantitative estimate of drug-likeness (QED) is 0.646. The van der Waals surface area contributed by atoms with Crippen LogP contribution in [-0.2, 0) is 28.7 Å². The lowest BCUT2D eigenvalue weighted by molar-refractivity contribution is -0.137. The van der Waals surface area contributed by atoms with Crippen LogP contribution in [-0.4, -0.2) is 29.8 Å². The highest BCUT2D eigenvalue weighted by molar-refractivity contribution is 5.78. The minimum Gasteiger partial charge on any atom is -0.356 e. The molecule has 0 fully saturated rings. The summed E-state index contributed by atoms with van der Waals surface area (Å²) in [7, 11) is 0. The molecule has 0 bridgehead atoms. The molecule has 1 heterocycles. The number of nitrogens with one attached hydrogen (secondary N) is 1. The Bertz CT molecular complexity index is 910. The topological polar surface area (TPSA) is 49.4 Å². The fraction of sp³-hybridized carbons (Fsp3) is 0.417. The van der Waals surface area contributed by atoms with Gasteiger partial charge in [-0.2, -0.15) is 13.2 Å². The molecule has 1 aliphatic rings. The first kappa shape index (κ1) is 22.8. The summed E-state index contributed by atoms with van der Waals surface area (Å²) in [5.41, 5.74) is 2.46. The molecule has 1 unspecified atom stereocenters. The molecule has 1 N–H and O–H groups in total. The lowest BCUT2D eigenvalue weighted by atomic mass is 9.96. The zero-order valence-corrected chi connectivity index (χ0v) is 17.5. The van der Waals surface area contributed by atoms with Gasteiger partial charge in [0.05, 0.1) is 5.56 Å². The summed E-state index contributed by atoms with van der Waals surface area (Å²) in [6.45, 7) is 3.55. The van der Waals surface area contributed by atoms with Crippen LogP contribution in [0.25, 0.3) is 0 Å². The number of carbonyl (C=O) groups is 2. The Morgan fingerprint density at radius 3 is 2.42 bits per heavy atom. The molecule has 0 saturated heterocycles. The van der Waals surface area contributed by atoms with Gasteiger partial charge >= 0.3 is 6.18 Å². The Kier molecular flexibility index (Phi) is 7.36. The molecule has 0 radical (unpaired) electrons. The zero-order valence-electron chi connectivity index (χ0n) is 17.5. The number of carbonyl (C=O) groups excluding carboxylic acids is 2. The van der Waals surface area contributed by atoms with Gasteiger partial charge in [-0.05, 0) is 47.6 Å². The summed E-state index contributed by atoms with van der Waals surface area (Å²) in [6.07, 6.45) is -2.40. The molecule has 2 aromatic carbocycles. The van der Waals surface area contributed by atoms with Gasteiger partial charge in [-0.25, -0.2) is 0 Å². The van der Waals surface area contributed by atoms with Crippen molar-refractivity contribution in [3.63, 3.8) is 0 Å². The summed E-state index contributed by atoms with van der Waals surface area (Å²) >= 11 is 0. The molecular weight excluding hydrogens is 405 g/mol. The molecule has 3 rings (SSSR count). The Hall–Kier alpha value is -2.83. The van der Waals surface area contributed by atoms with Gasteiger partial charge in [-0.3, -0.25) is 9.59 Å². The van der Waals surface area contributed by atoms with Crippen molar-refractivity contribution in [3.05, 3.63) is 70.8 Å². The minimum absolute atomic E-state index is 0.0851. The second-order valence-corrected chi connectivity index (χ2v) is 8.01. The Morgan fingerprint density at radius 1 is 1.06 bits per heavy atom. The van der Waals surface area contributed by atoms with E-state index in [1.54, 1.807) is 6.92 Å². The number of halogens is 3. The van der Waals surface area contributed by atoms with Gasteiger partial charge < -0.3 is 10.2 Å². The van der Waals surface area contributed by atoms with E-state index in [1.807, 2.05) is 23.1 Å². The van der Waals surface area contributed by atoms with E-state index < -0.39 is 11.7 Å². The fourth-order valence-corrected chi connectivity index (χ4v) is 3.80. The molecule has 4 nitrogen and oxygen atoms in total. The van der Waals surface area contributed by atoms with E-state index in [2.05, 4.69) is 11.4 Å². The monoisotopic (exact) mass is 432 g/mol. The van der Waals surface area contributed by atoms with Crippen LogP contribution in [0.3, 0.4) is 0 Å². The standard InChI is InChI=1S/C24H27F3N2O2/c1-17(18-8-10-21(11-9-18)24(25,26)27)15-22(30)28-13-4-7-23(31)29-14-12-19-5-2-3-6-20(19)16-29/h2-3,5-6,8-11,17H,4,7,12-16H2,1H3,(H,28,30). The van der Waals surface area contributed by atoms with E-state index in [1.165, 1.54) is 23.3 Å². The second kappa shape index (κ2) is 9.98. The van der Waals surface area contributed by atoms with Crippen molar-refractivity contribution in [1.82, 2.24) is 10.2 Å². The summed E-state index contributed by atoms with van der Waals surface area (Å²) in [5.74, 6) is -0.286. The first-order chi connectivity index (χ1) is 14.7. The largest absolute Gasteiger partial charge is 0.416 e. The lowest BCUT2D eigenvalue weighted by Crippen LogP contribution is -2.36.